The molecule has 2 aromatic carbocycles. The van der Waals surface area contributed by atoms with Gasteiger partial charge in [-0.25, -0.2) is 9.59 Å². The van der Waals surface area contributed by atoms with E-state index in [0.29, 0.717) is 46.3 Å². The van der Waals surface area contributed by atoms with Gasteiger partial charge in [0.15, 0.2) is 13.2 Å². The number of hydrogen-bond donors (Lipinski definition) is 4. The molecule has 266 valence electrons. The molecule has 2 heterocycles. The lowest BCUT2D eigenvalue weighted by atomic mass is 10.1. The van der Waals surface area contributed by atoms with Gasteiger partial charge in [-0.3, -0.25) is 19.2 Å². The highest BCUT2D eigenvalue weighted by atomic mass is 33.1. The number of aryl methyl sites for hydroxylation is 2. The number of benzene rings is 2. The molecule has 0 unspecified atom stereocenters. The van der Waals surface area contributed by atoms with Crippen molar-refractivity contribution in [2.45, 2.75) is 52.6 Å². The summed E-state index contributed by atoms with van der Waals surface area (Å²) in [6.07, 6.45) is 3.32. The maximum absolute atomic E-state index is 12.8. The Kier molecular flexibility index (Phi) is 13.0. The highest BCUT2D eigenvalue weighted by molar-refractivity contribution is 8.76. The summed E-state index contributed by atoms with van der Waals surface area (Å²) in [5.41, 5.74) is 13.3. The molecule has 50 heavy (non-hydrogen) atoms. The summed E-state index contributed by atoms with van der Waals surface area (Å²) in [5, 5.41) is 18.9. The number of Topliss-reactive ketones (excluding diaryl/α,β-unsaturated/α-hetero) is 2. The third-order valence-corrected chi connectivity index (χ3v) is 10.6. The van der Waals surface area contributed by atoms with Crippen molar-refractivity contribution >= 4 is 78.7 Å². The van der Waals surface area contributed by atoms with Crippen LogP contribution in [0.25, 0.3) is 21.8 Å². The van der Waals surface area contributed by atoms with Gasteiger partial charge in [0.2, 0.25) is 0 Å². The lowest BCUT2D eigenvalue weighted by Crippen LogP contribution is -2.24. The van der Waals surface area contributed by atoms with Crippen LogP contribution in [0.2, 0.25) is 0 Å². The molecule has 16 heteroatoms. The van der Waals surface area contributed by atoms with E-state index in [9.17, 15) is 28.8 Å². The fourth-order valence-electron chi connectivity index (χ4n) is 5.86. The van der Waals surface area contributed by atoms with Crippen LogP contribution in [0.1, 0.15) is 57.8 Å². The SMILES string of the molecule is Cc1c(C(=O)C(N)=O)c2c(OCC(=O)O)cccc2n1CCCCSSCCCCn1c(C)c(C(=O)C(N)=O)c2c(OCC(=O)O)cccc21. The smallest absolute Gasteiger partial charge is 0.341 e. The van der Waals surface area contributed by atoms with E-state index >= 15 is 0 Å². The second-order valence-electron chi connectivity index (χ2n) is 11.3. The first-order valence-corrected chi connectivity index (χ1v) is 18.2. The molecule has 0 aliphatic rings. The number of carbonyl (C=O) groups is 6. The zero-order valence-electron chi connectivity index (χ0n) is 27.6. The third kappa shape index (κ3) is 8.60. The van der Waals surface area contributed by atoms with E-state index < -0.39 is 48.5 Å². The Morgan fingerprint density at radius 2 is 1.02 bits per heavy atom. The minimum absolute atomic E-state index is 0.115. The Balaban J connectivity index is 1.31. The predicted octanol–water partition coefficient (Wildman–Crippen LogP) is 4.12. The van der Waals surface area contributed by atoms with E-state index in [1.807, 2.05) is 9.13 Å². The van der Waals surface area contributed by atoms with Crippen LogP contribution in [-0.4, -0.2) is 79.4 Å². The largest absolute Gasteiger partial charge is 0.481 e. The number of nitrogens with two attached hydrogens (primary N) is 2. The summed E-state index contributed by atoms with van der Waals surface area (Å²) in [5.74, 6) is -4.14. The van der Waals surface area contributed by atoms with Crippen LogP contribution in [-0.2, 0) is 32.3 Å². The van der Waals surface area contributed by atoms with Gasteiger partial charge in [-0.1, -0.05) is 33.7 Å². The summed E-state index contributed by atoms with van der Waals surface area (Å²) >= 11 is 0. The fraction of sp³-hybridized carbons (Fsp3) is 0.353. The molecular weight excluding hydrogens is 689 g/mol. The van der Waals surface area contributed by atoms with Gasteiger partial charge in [0.1, 0.15) is 11.5 Å². The molecule has 0 aliphatic heterocycles. The van der Waals surface area contributed by atoms with E-state index in [1.54, 1.807) is 71.8 Å². The van der Waals surface area contributed by atoms with Gasteiger partial charge in [-0.2, -0.15) is 0 Å². The third-order valence-electron chi connectivity index (χ3n) is 8.03. The number of carboxylic acids is 2. The number of amides is 2. The molecule has 4 rings (SSSR count). The number of primary amides is 2. The van der Waals surface area contributed by atoms with Crippen LogP contribution in [0.3, 0.4) is 0 Å². The van der Waals surface area contributed by atoms with Crippen molar-refractivity contribution in [3.63, 3.8) is 0 Å². The van der Waals surface area contributed by atoms with Gasteiger partial charge in [0.05, 0.1) is 32.9 Å². The zero-order valence-corrected chi connectivity index (χ0v) is 29.2. The Hall–Kier alpha value is -4.96. The van der Waals surface area contributed by atoms with Crippen molar-refractivity contribution in [3.05, 3.63) is 58.9 Å². The average Bonchev–Trinajstić information content (AvgIpc) is 3.52. The highest BCUT2D eigenvalue weighted by Crippen LogP contribution is 2.36. The molecule has 0 radical (unpaired) electrons. The number of aliphatic carboxylic acids is 2. The predicted molar refractivity (Wildman–Crippen MR) is 190 cm³/mol. The number of rotatable bonds is 21. The van der Waals surface area contributed by atoms with E-state index in [-0.39, 0.29) is 22.6 Å². The fourth-order valence-corrected chi connectivity index (χ4v) is 8.16. The number of hydrogen-bond acceptors (Lipinski definition) is 10. The molecule has 14 nitrogen and oxygen atoms in total. The Morgan fingerprint density at radius 1 is 0.640 bits per heavy atom. The summed E-state index contributed by atoms with van der Waals surface area (Å²) < 4.78 is 14.7. The summed E-state index contributed by atoms with van der Waals surface area (Å²) in [7, 11) is 3.49. The summed E-state index contributed by atoms with van der Waals surface area (Å²) in [4.78, 5) is 71.3. The van der Waals surface area contributed by atoms with E-state index in [2.05, 4.69) is 0 Å². The molecule has 0 bridgehead atoms. The molecule has 0 spiro atoms. The number of unbranched alkanes of at least 4 members (excludes halogenated alkanes) is 2. The molecule has 2 aromatic heterocycles. The minimum atomic E-state index is -1.17. The van der Waals surface area contributed by atoms with Crippen LogP contribution in [0.5, 0.6) is 11.5 Å². The van der Waals surface area contributed by atoms with Crippen LogP contribution >= 0.6 is 21.6 Å². The molecule has 0 aliphatic carbocycles. The van der Waals surface area contributed by atoms with Crippen LogP contribution in [0.15, 0.2) is 36.4 Å². The highest BCUT2D eigenvalue weighted by Gasteiger charge is 2.27. The Labute approximate surface area is 294 Å². The van der Waals surface area contributed by atoms with Crippen molar-refractivity contribution in [2.24, 2.45) is 11.5 Å². The lowest BCUT2D eigenvalue weighted by Gasteiger charge is -2.10. The Bertz CT molecular complexity index is 1830. The second-order valence-corrected chi connectivity index (χ2v) is 14.0. The normalized spacial score (nSPS) is 11.2. The lowest BCUT2D eigenvalue weighted by molar-refractivity contribution is -0.140. The average molecular weight is 727 g/mol. The monoisotopic (exact) mass is 726 g/mol. The van der Waals surface area contributed by atoms with Crippen LogP contribution in [0, 0.1) is 13.8 Å². The number of fused-ring (bicyclic) bond motifs is 2. The molecule has 6 N–H and O–H groups in total. The number of aromatic nitrogens is 2. The van der Waals surface area contributed by atoms with Crippen LogP contribution in [0.4, 0.5) is 0 Å². The molecule has 0 atom stereocenters. The van der Waals surface area contributed by atoms with Gasteiger partial charge in [-0.05, 0) is 63.8 Å². The quantitative estimate of drug-likeness (QED) is 0.0412. The number of carbonyl (C=O) groups excluding carboxylic acids is 4. The van der Waals surface area contributed by atoms with Gasteiger partial charge in [0.25, 0.3) is 23.4 Å². The Morgan fingerprint density at radius 3 is 1.36 bits per heavy atom. The molecule has 4 aromatic rings. The first kappa shape index (κ1) is 37.9. The first-order chi connectivity index (χ1) is 23.8. The van der Waals surface area contributed by atoms with Gasteiger partial charge in [0, 0.05) is 36.0 Å². The second kappa shape index (κ2) is 17.1. The number of ether oxygens (including phenoxy) is 2. The first-order valence-electron chi connectivity index (χ1n) is 15.7. The summed E-state index contributed by atoms with van der Waals surface area (Å²) in [6.45, 7) is 3.38. The topological polar surface area (TPSA) is 223 Å². The number of ketones is 2. The van der Waals surface area contributed by atoms with Crippen molar-refractivity contribution < 1.29 is 48.5 Å². The zero-order chi connectivity index (χ0) is 36.5. The van der Waals surface area contributed by atoms with Crippen molar-refractivity contribution in [3.8, 4) is 11.5 Å². The molecule has 0 saturated heterocycles. The van der Waals surface area contributed by atoms with Gasteiger partial charge in [-0.15, -0.1) is 0 Å². The van der Waals surface area contributed by atoms with Crippen molar-refractivity contribution in [1.82, 2.24) is 9.13 Å². The van der Waals surface area contributed by atoms with Crippen molar-refractivity contribution in [1.29, 1.82) is 0 Å². The molecule has 2 amide bonds. The van der Waals surface area contributed by atoms with Gasteiger partial charge < -0.3 is 40.3 Å². The summed E-state index contributed by atoms with van der Waals surface area (Å²) in [6, 6.07) is 10.1. The number of nitrogens with zero attached hydrogens (tertiary/aromatic N) is 2. The maximum atomic E-state index is 12.8. The molecular formula is C34H38N4O10S2. The number of carboxylic acid groups (broad SMARTS) is 2. The van der Waals surface area contributed by atoms with E-state index in [1.165, 1.54) is 0 Å². The molecule has 0 fully saturated rings. The van der Waals surface area contributed by atoms with Crippen LogP contribution < -0.4 is 20.9 Å². The van der Waals surface area contributed by atoms with E-state index in [0.717, 1.165) is 37.2 Å². The standard InChI is InChI=1S/C34H38N4O10S2/c1-19-27(31(43)33(35)45)29-21(9-7-11-23(29)47-17-25(39)40)37(19)13-3-5-15-49-50-16-6-4-14-38-20(2)28(32(44)34(36)46)30-22(38)10-8-12-24(30)48-18-26(41)42/h7-12H,3-6,13-18H2,1-2H3,(H2,35,45)(H2,36,46)(H,39,40)(H,41,42). The minimum Gasteiger partial charge on any atom is -0.481 e. The molecule has 0 saturated carbocycles. The maximum Gasteiger partial charge on any atom is 0.341 e. The van der Waals surface area contributed by atoms with Gasteiger partial charge >= 0.3 is 11.9 Å². The van der Waals surface area contributed by atoms with E-state index in [4.69, 9.17) is 31.2 Å². The van der Waals surface area contributed by atoms with Crippen molar-refractivity contribution in [2.75, 3.05) is 24.7 Å².